The van der Waals surface area contributed by atoms with E-state index in [2.05, 4.69) is 6.92 Å². The van der Waals surface area contributed by atoms with Crippen LogP contribution in [0.25, 0.3) is 0 Å². The van der Waals surface area contributed by atoms with E-state index >= 15 is 0 Å². The van der Waals surface area contributed by atoms with Crippen LogP contribution in [0.15, 0.2) is 0 Å². The van der Waals surface area contributed by atoms with Crippen LogP contribution in [0, 0.1) is 0 Å². The number of carbonyl (C=O) groups is 2. The number of ketones is 1. The van der Waals surface area contributed by atoms with Crippen LogP contribution in [0.4, 0.5) is 0 Å². The van der Waals surface area contributed by atoms with Gasteiger partial charge in [-0.2, -0.15) is 11.8 Å². The molecule has 0 aromatic rings. The molecule has 0 aliphatic rings. The maximum atomic E-state index is 10.6. The fourth-order valence-corrected chi connectivity index (χ4v) is 1.77. The first kappa shape index (κ1) is 12.5. The molecule has 0 aliphatic carbocycles. The lowest BCUT2D eigenvalue weighted by Gasteiger charge is -1.98. The number of Topliss-reactive ketones (excluding diaryl/α,β-unsaturated/α-hetero) is 1. The first-order valence-corrected chi connectivity index (χ1v) is 5.67. The van der Waals surface area contributed by atoms with Crippen molar-refractivity contribution in [1.29, 1.82) is 0 Å². The van der Waals surface area contributed by atoms with Gasteiger partial charge in [-0.25, -0.2) is 4.79 Å². The number of carbonyl (C=O) groups excluding carboxylic acids is 1. The standard InChI is InChI=1S/C9H16O3S/c1-2-3-4-6-13-7-5-8(10)9(11)12/h2-7H2,1H3,(H,11,12). The van der Waals surface area contributed by atoms with Crippen LogP contribution < -0.4 is 0 Å². The zero-order valence-corrected chi connectivity index (χ0v) is 8.73. The Labute approximate surface area is 82.9 Å². The number of unbranched alkanes of at least 4 members (excludes halogenated alkanes) is 2. The van der Waals surface area contributed by atoms with Crippen molar-refractivity contribution < 1.29 is 14.7 Å². The molecule has 0 aromatic carbocycles. The highest BCUT2D eigenvalue weighted by molar-refractivity contribution is 7.99. The molecule has 0 rings (SSSR count). The Morgan fingerprint density at radius 1 is 1.23 bits per heavy atom. The summed E-state index contributed by atoms with van der Waals surface area (Å²) in [6.45, 7) is 2.14. The fraction of sp³-hybridized carbons (Fsp3) is 0.778. The third kappa shape index (κ3) is 7.84. The number of rotatable bonds is 8. The number of carboxylic acid groups (broad SMARTS) is 1. The lowest BCUT2D eigenvalue weighted by Crippen LogP contribution is -2.12. The molecule has 13 heavy (non-hydrogen) atoms. The van der Waals surface area contributed by atoms with Crippen molar-refractivity contribution in [2.75, 3.05) is 11.5 Å². The van der Waals surface area contributed by atoms with Crippen molar-refractivity contribution >= 4 is 23.5 Å². The molecule has 0 bridgehead atoms. The maximum absolute atomic E-state index is 10.6. The van der Waals surface area contributed by atoms with E-state index in [9.17, 15) is 9.59 Å². The van der Waals surface area contributed by atoms with Gasteiger partial charge in [0.1, 0.15) is 0 Å². The van der Waals surface area contributed by atoms with Gasteiger partial charge in [-0.3, -0.25) is 4.79 Å². The summed E-state index contributed by atoms with van der Waals surface area (Å²) in [6, 6.07) is 0. The van der Waals surface area contributed by atoms with Crippen molar-refractivity contribution in [1.82, 2.24) is 0 Å². The second kappa shape index (κ2) is 8.10. The molecular weight excluding hydrogens is 188 g/mol. The first-order chi connectivity index (χ1) is 6.18. The van der Waals surface area contributed by atoms with Gasteiger partial charge in [-0.15, -0.1) is 0 Å². The normalized spacial score (nSPS) is 9.92. The summed E-state index contributed by atoms with van der Waals surface area (Å²) >= 11 is 1.65. The van der Waals surface area contributed by atoms with Gasteiger partial charge in [0.15, 0.2) is 0 Å². The number of hydrogen-bond donors (Lipinski definition) is 1. The van der Waals surface area contributed by atoms with E-state index in [1.807, 2.05) is 0 Å². The van der Waals surface area contributed by atoms with Crippen LogP contribution in [0.5, 0.6) is 0 Å². The smallest absolute Gasteiger partial charge is 0.372 e. The molecule has 4 heteroatoms. The van der Waals surface area contributed by atoms with Gasteiger partial charge in [0.25, 0.3) is 0 Å². The van der Waals surface area contributed by atoms with E-state index in [4.69, 9.17) is 5.11 Å². The van der Waals surface area contributed by atoms with Crippen LogP contribution in [0.1, 0.15) is 32.6 Å². The van der Waals surface area contributed by atoms with Gasteiger partial charge in [-0.1, -0.05) is 19.8 Å². The summed E-state index contributed by atoms with van der Waals surface area (Å²) in [6.07, 6.45) is 3.71. The molecule has 0 radical (unpaired) electrons. The average Bonchev–Trinajstić information content (AvgIpc) is 2.10. The molecular formula is C9H16O3S. The number of hydrogen-bond acceptors (Lipinski definition) is 3. The fourth-order valence-electron chi connectivity index (χ4n) is 0.828. The van der Waals surface area contributed by atoms with E-state index < -0.39 is 11.8 Å². The average molecular weight is 204 g/mol. The minimum absolute atomic E-state index is 0.159. The molecule has 0 heterocycles. The number of aliphatic carboxylic acids is 1. The molecule has 1 N–H and O–H groups in total. The van der Waals surface area contributed by atoms with Crippen LogP contribution in [-0.4, -0.2) is 28.4 Å². The molecule has 0 fully saturated rings. The van der Waals surface area contributed by atoms with Gasteiger partial charge < -0.3 is 5.11 Å². The van der Waals surface area contributed by atoms with Crippen LogP contribution in [0.3, 0.4) is 0 Å². The van der Waals surface area contributed by atoms with E-state index in [0.29, 0.717) is 5.75 Å². The maximum Gasteiger partial charge on any atom is 0.372 e. The number of carboxylic acids is 1. The molecule has 0 spiro atoms. The second-order valence-electron chi connectivity index (χ2n) is 2.80. The second-order valence-corrected chi connectivity index (χ2v) is 4.02. The van der Waals surface area contributed by atoms with E-state index in [0.717, 1.165) is 12.2 Å². The van der Waals surface area contributed by atoms with Crippen molar-refractivity contribution in [3.63, 3.8) is 0 Å². The Bertz CT molecular complexity index is 168. The molecule has 0 aromatic heterocycles. The summed E-state index contributed by atoms with van der Waals surface area (Å²) in [5.74, 6) is -0.326. The zero-order valence-electron chi connectivity index (χ0n) is 7.91. The first-order valence-electron chi connectivity index (χ1n) is 4.52. The van der Waals surface area contributed by atoms with Crippen LogP contribution in [0.2, 0.25) is 0 Å². The molecule has 0 amide bonds. The summed E-state index contributed by atoms with van der Waals surface area (Å²) in [7, 11) is 0. The summed E-state index contributed by atoms with van der Waals surface area (Å²) in [5, 5.41) is 8.26. The number of thioether (sulfide) groups is 1. The molecule has 0 unspecified atom stereocenters. The highest BCUT2D eigenvalue weighted by Gasteiger charge is 2.09. The van der Waals surface area contributed by atoms with Crippen LogP contribution in [-0.2, 0) is 9.59 Å². The Balaban J connectivity index is 3.16. The Morgan fingerprint density at radius 2 is 1.92 bits per heavy atom. The molecule has 0 saturated heterocycles. The zero-order chi connectivity index (χ0) is 10.1. The Hall–Kier alpha value is -0.510. The van der Waals surface area contributed by atoms with E-state index in [1.165, 1.54) is 12.8 Å². The van der Waals surface area contributed by atoms with Crippen molar-refractivity contribution in [3.8, 4) is 0 Å². The predicted molar refractivity (Wildman–Crippen MR) is 54.1 cm³/mol. The third-order valence-electron chi connectivity index (χ3n) is 1.60. The topological polar surface area (TPSA) is 54.4 Å². The molecule has 3 nitrogen and oxygen atoms in total. The monoisotopic (exact) mass is 204 g/mol. The minimum Gasteiger partial charge on any atom is -0.476 e. The third-order valence-corrected chi connectivity index (χ3v) is 2.67. The molecule has 0 aliphatic heterocycles. The van der Waals surface area contributed by atoms with Crippen LogP contribution >= 0.6 is 11.8 Å². The molecule has 76 valence electrons. The summed E-state index contributed by atoms with van der Waals surface area (Å²) in [5.41, 5.74) is 0. The lowest BCUT2D eigenvalue weighted by atomic mass is 10.3. The highest BCUT2D eigenvalue weighted by atomic mass is 32.2. The van der Waals surface area contributed by atoms with Gasteiger partial charge in [-0.05, 0) is 12.2 Å². The van der Waals surface area contributed by atoms with Gasteiger partial charge in [0.2, 0.25) is 5.78 Å². The SMILES string of the molecule is CCCCCSCCC(=O)C(=O)O. The lowest BCUT2D eigenvalue weighted by molar-refractivity contribution is -0.148. The summed E-state index contributed by atoms with van der Waals surface area (Å²) < 4.78 is 0. The molecule has 0 atom stereocenters. The van der Waals surface area contributed by atoms with Crippen molar-refractivity contribution in [2.24, 2.45) is 0 Å². The van der Waals surface area contributed by atoms with Gasteiger partial charge in [0, 0.05) is 12.2 Å². The van der Waals surface area contributed by atoms with Gasteiger partial charge >= 0.3 is 5.97 Å². The predicted octanol–water partition coefficient (Wildman–Crippen LogP) is 1.95. The minimum atomic E-state index is -1.31. The molecule has 0 saturated carbocycles. The Kier molecular flexibility index (Phi) is 7.79. The largest absolute Gasteiger partial charge is 0.476 e. The quantitative estimate of drug-likeness (QED) is 0.485. The Morgan fingerprint density at radius 3 is 2.46 bits per heavy atom. The highest BCUT2D eigenvalue weighted by Crippen LogP contribution is 2.07. The van der Waals surface area contributed by atoms with E-state index in [1.54, 1.807) is 11.8 Å². The van der Waals surface area contributed by atoms with E-state index in [-0.39, 0.29) is 6.42 Å². The summed E-state index contributed by atoms with van der Waals surface area (Å²) in [4.78, 5) is 20.7. The van der Waals surface area contributed by atoms with Crippen molar-refractivity contribution in [2.45, 2.75) is 32.6 Å². The van der Waals surface area contributed by atoms with Crippen molar-refractivity contribution in [3.05, 3.63) is 0 Å². The van der Waals surface area contributed by atoms with Gasteiger partial charge in [0.05, 0.1) is 0 Å².